The Morgan fingerprint density at radius 3 is 0.583 bits per heavy atom. The molecule has 0 aliphatic rings. The van der Waals surface area contributed by atoms with Crippen LogP contribution in [0.2, 0.25) is 0 Å². The van der Waals surface area contributed by atoms with E-state index >= 15 is 0 Å². The van der Waals surface area contributed by atoms with E-state index in [1.807, 2.05) is 0 Å². The maximum absolute atomic E-state index is 8.59. The summed E-state index contributed by atoms with van der Waals surface area (Å²) in [5, 5.41) is 0. The van der Waals surface area contributed by atoms with Gasteiger partial charge in [0.1, 0.15) is 0 Å². The average Bonchev–Trinajstić information content (AvgIpc) is 1.62. The molecule has 1 radical (unpaired) electrons. The Hall–Kier alpha value is 3.17. The van der Waals surface area contributed by atoms with Crippen molar-refractivity contribution in [3.63, 3.8) is 0 Å². The first-order valence-electron chi connectivity index (χ1n) is 2.67. The SMILES string of the molecule is O=S(=O)([O-])[O-].O=S(=O)([O-])[O-].[Ca+2].[Cd+2].[Cu+2].[O]=[Cr](=[O])([O-])[O-].[O]=[Cr](=[O])([O-])[O-].[Zn+2]. The molecule has 16 nitrogen and oxygen atoms in total. The van der Waals surface area contributed by atoms with Crippen molar-refractivity contribution in [2.24, 2.45) is 0 Å². The maximum atomic E-state index is 8.59. The van der Waals surface area contributed by atoms with Crippen LogP contribution in [0.5, 0.6) is 0 Å². The van der Waals surface area contributed by atoms with Crippen LogP contribution in [0, 0.1) is 0 Å². The van der Waals surface area contributed by atoms with E-state index in [4.69, 9.17) is 66.9 Å². The van der Waals surface area contributed by atoms with E-state index in [-0.39, 0.29) is 102 Å². The Morgan fingerprint density at radius 2 is 0.583 bits per heavy atom. The summed E-state index contributed by atoms with van der Waals surface area (Å²) in [6.45, 7) is 0. The van der Waals surface area contributed by atoms with Crippen molar-refractivity contribution in [2.75, 3.05) is 0 Å². The summed E-state index contributed by atoms with van der Waals surface area (Å²) in [7, 11) is -10.3. The molecule has 0 aliphatic heterocycles. The van der Waals surface area contributed by atoms with Crippen molar-refractivity contribution in [3.8, 4) is 0 Å². The van der Waals surface area contributed by atoms with E-state index in [9.17, 15) is 0 Å². The van der Waals surface area contributed by atoms with Crippen LogP contribution in [0.3, 0.4) is 0 Å². The molecule has 0 saturated carbocycles. The Bertz CT molecular complexity index is 495. The molecule has 137 valence electrons. The maximum Gasteiger partial charge on any atom is 2.00 e. The molecular weight excluding hydrogens is 706 g/mol. The van der Waals surface area contributed by atoms with Gasteiger partial charge < -0.3 is 18.2 Å². The van der Waals surface area contributed by atoms with Gasteiger partial charge in [-0.2, -0.15) is 0 Å². The molecule has 0 N–H and O–H groups in total. The first-order valence-corrected chi connectivity index (χ1v) is 9.50. The van der Waals surface area contributed by atoms with E-state index < -0.39 is 48.0 Å². The van der Waals surface area contributed by atoms with Gasteiger partial charge in [0.05, 0.1) is 0 Å². The predicted octanol–water partition coefficient (Wildman–Crippen LogP) is -8.30. The molecular formula is CaCdCr2CuO16S2Zn. The molecule has 0 aromatic heterocycles. The minimum Gasteiger partial charge on any atom is 2.00 e. The fraction of sp³-hybridized carbons (Fsp3) is 0. The number of hydrogen-bond donors (Lipinski definition) is 0. The van der Waals surface area contributed by atoms with Gasteiger partial charge in [0.2, 0.25) is 0 Å². The van der Waals surface area contributed by atoms with Crippen molar-refractivity contribution >= 4 is 58.5 Å². The van der Waals surface area contributed by atoms with Crippen LogP contribution >= 0.6 is 0 Å². The van der Waals surface area contributed by atoms with Crippen molar-refractivity contribution in [3.05, 3.63) is 0 Å². The Kier molecular flexibility index (Phi) is 47.4. The molecule has 0 heterocycles. The van der Waals surface area contributed by atoms with Crippen LogP contribution in [0.15, 0.2) is 0 Å². The van der Waals surface area contributed by atoms with E-state index in [1.165, 1.54) is 0 Å². The molecule has 0 aromatic carbocycles. The van der Waals surface area contributed by atoms with Crippen LogP contribution in [0.1, 0.15) is 0 Å². The van der Waals surface area contributed by atoms with Gasteiger partial charge in [-0.1, -0.05) is 0 Å². The zero-order valence-electron chi connectivity index (χ0n) is 10.6. The Balaban J connectivity index is -0.0000000225. The zero-order valence-corrected chi connectivity index (χ0v) is 24.9. The molecule has 0 amide bonds. The molecule has 24 heavy (non-hydrogen) atoms. The monoisotopic (exact) mass is 704 g/mol. The quantitative estimate of drug-likeness (QED) is 0.128. The van der Waals surface area contributed by atoms with Crippen molar-refractivity contribution in [2.45, 2.75) is 0 Å². The summed E-state index contributed by atoms with van der Waals surface area (Å²) in [6, 6.07) is 0. The van der Waals surface area contributed by atoms with Crippen LogP contribution in [0.25, 0.3) is 0 Å². The average molecular weight is 706 g/mol. The molecule has 0 fully saturated rings. The molecule has 0 unspecified atom stereocenters. The summed E-state index contributed by atoms with van der Waals surface area (Å²) >= 11 is -11.5. The molecule has 0 aromatic rings. The van der Waals surface area contributed by atoms with E-state index in [1.54, 1.807) is 0 Å². The molecule has 0 spiro atoms. The van der Waals surface area contributed by atoms with Gasteiger partial charge >= 0.3 is 161 Å². The Labute approximate surface area is 213 Å². The molecule has 0 bridgehead atoms. The molecule has 24 heteroatoms. The first kappa shape index (κ1) is 50.6. The van der Waals surface area contributed by atoms with Crippen LogP contribution < -0.4 is 16.6 Å². The largest absolute Gasteiger partial charge is 2.00 e. The second kappa shape index (κ2) is 22.5. The van der Waals surface area contributed by atoms with Gasteiger partial charge in [-0.05, 0) is 0 Å². The molecule has 0 rings (SSSR count). The summed E-state index contributed by atoms with van der Waals surface area (Å²) in [5.41, 5.74) is 0. The van der Waals surface area contributed by atoms with E-state index in [0.29, 0.717) is 0 Å². The number of hydrogen-bond acceptors (Lipinski definition) is 16. The predicted molar refractivity (Wildman–Crippen MR) is 29.4 cm³/mol. The summed E-state index contributed by atoms with van der Waals surface area (Å²) in [4.78, 5) is 0. The van der Waals surface area contributed by atoms with Gasteiger partial charge in [-0.3, -0.25) is 16.8 Å². The van der Waals surface area contributed by atoms with Gasteiger partial charge in [0.15, 0.2) is 0 Å². The fourth-order valence-electron chi connectivity index (χ4n) is 0. The smallest absolute Gasteiger partial charge is 2.00 e. The zero-order chi connectivity index (χ0) is 18.0. The second-order valence-electron chi connectivity index (χ2n) is 1.63. The van der Waals surface area contributed by atoms with Crippen molar-refractivity contribution in [1.29, 1.82) is 0 Å². The van der Waals surface area contributed by atoms with Crippen LogP contribution in [0.4, 0.5) is 0 Å². The molecule has 0 aliphatic carbocycles. The minimum atomic E-state index is -5.75. The normalized spacial score (nSPS) is 9.67. The molecule has 0 saturated heterocycles. The molecule has 0 atom stereocenters. The van der Waals surface area contributed by atoms with Gasteiger partial charge in [-0.15, -0.1) is 0 Å². The van der Waals surface area contributed by atoms with Crippen LogP contribution in [-0.4, -0.2) is 72.8 Å². The van der Waals surface area contributed by atoms with Crippen molar-refractivity contribution < 1.29 is 158 Å². The second-order valence-corrected chi connectivity index (χ2v) is 5.82. The minimum absolute atomic E-state index is 0. The Morgan fingerprint density at radius 1 is 0.583 bits per heavy atom. The van der Waals surface area contributed by atoms with Gasteiger partial charge in [0, 0.05) is 20.8 Å². The third-order valence-corrected chi connectivity index (χ3v) is 0. The summed E-state index contributed by atoms with van der Waals surface area (Å²) in [5.74, 6) is 0. The van der Waals surface area contributed by atoms with Crippen LogP contribution in [-0.2, 0) is 127 Å². The van der Waals surface area contributed by atoms with Gasteiger partial charge in [-0.25, -0.2) is 0 Å². The first-order chi connectivity index (χ1) is 8.00. The third-order valence-electron chi connectivity index (χ3n) is 0. The summed E-state index contributed by atoms with van der Waals surface area (Å²) < 4.78 is 137. The summed E-state index contributed by atoms with van der Waals surface area (Å²) in [6.07, 6.45) is 0. The van der Waals surface area contributed by atoms with Crippen molar-refractivity contribution in [1.82, 2.24) is 0 Å². The number of rotatable bonds is 0. The van der Waals surface area contributed by atoms with E-state index in [0.717, 1.165) is 0 Å². The standard InChI is InChI=1S/Ca.Cd.2Cr.Cu.2H2O4S.8O.Zn/c;;;;;2*1-5(2,3)4;;;;;;;;;/h;;;;;2*(H2,1,2,3,4);;;;;;;;;/q2*+2;;;+2;;;;;;;4*-1;+2/p-4. The van der Waals surface area contributed by atoms with E-state index in [2.05, 4.69) is 0 Å². The fourth-order valence-corrected chi connectivity index (χ4v) is 0. The van der Waals surface area contributed by atoms with Gasteiger partial charge in [0.25, 0.3) is 0 Å². The third kappa shape index (κ3) is 1460. The topological polar surface area (TPSA) is 321 Å².